The summed E-state index contributed by atoms with van der Waals surface area (Å²) in [4.78, 5) is 9.83. The molecule has 0 aliphatic rings. The van der Waals surface area contributed by atoms with E-state index in [2.05, 4.69) is 5.32 Å². The van der Waals surface area contributed by atoms with E-state index in [1.54, 1.807) is 0 Å². The van der Waals surface area contributed by atoms with Crippen LogP contribution in [-0.2, 0) is 0 Å². The van der Waals surface area contributed by atoms with Crippen LogP contribution in [0.5, 0.6) is 0 Å². The molecule has 0 amide bonds. The fourth-order valence-electron chi connectivity index (χ4n) is 1.27. The van der Waals surface area contributed by atoms with Crippen LogP contribution in [0.4, 0.5) is 17.5 Å². The largest absolute Gasteiger partial charge is 0.434 e. The summed E-state index contributed by atoms with van der Waals surface area (Å²) in [6.45, 7) is 1.99. The van der Waals surface area contributed by atoms with E-state index in [0.29, 0.717) is 5.88 Å². The fraction of sp³-hybridized carbons (Fsp3) is 0.0909. The van der Waals surface area contributed by atoms with Gasteiger partial charge < -0.3 is 9.73 Å². The Balaban J connectivity index is 2.14. The molecule has 2 aromatic rings. The maximum atomic E-state index is 10.4. The summed E-state index contributed by atoms with van der Waals surface area (Å²) < 4.78 is 4.97. The lowest BCUT2D eigenvalue weighted by Gasteiger charge is -2.01. The third-order valence-corrected chi connectivity index (χ3v) is 2.09. The number of aryl methyl sites for hydroxylation is 1. The standard InChI is InChI=1S/C11H10N2O3/c1-8-2-4-9(5-3-8)12-10-6-7-11(16-10)13(14)15/h2-7,12H,1H3. The molecule has 2 rings (SSSR count). The Kier molecular flexibility index (Phi) is 2.59. The van der Waals surface area contributed by atoms with Crippen LogP contribution in [0.1, 0.15) is 5.56 Å². The van der Waals surface area contributed by atoms with Gasteiger partial charge in [0.2, 0.25) is 5.88 Å². The molecule has 0 atom stereocenters. The van der Waals surface area contributed by atoms with E-state index in [1.165, 1.54) is 12.1 Å². The van der Waals surface area contributed by atoms with Crippen molar-refractivity contribution in [2.24, 2.45) is 0 Å². The SMILES string of the molecule is Cc1ccc(Nc2ccc([N+](=O)[O-])o2)cc1. The Morgan fingerprint density at radius 3 is 2.44 bits per heavy atom. The van der Waals surface area contributed by atoms with Crippen molar-refractivity contribution in [2.75, 3.05) is 5.32 Å². The molecule has 0 spiro atoms. The molecule has 1 aromatic heterocycles. The molecule has 0 fully saturated rings. The van der Waals surface area contributed by atoms with Gasteiger partial charge in [-0.2, -0.15) is 0 Å². The van der Waals surface area contributed by atoms with Crippen LogP contribution in [0.3, 0.4) is 0 Å². The molecule has 1 N–H and O–H groups in total. The molecule has 0 aliphatic heterocycles. The van der Waals surface area contributed by atoms with Crippen molar-refractivity contribution in [3.63, 3.8) is 0 Å². The average Bonchev–Trinajstić information content (AvgIpc) is 2.70. The second kappa shape index (κ2) is 4.06. The van der Waals surface area contributed by atoms with Gasteiger partial charge in [0.15, 0.2) is 0 Å². The summed E-state index contributed by atoms with van der Waals surface area (Å²) in [7, 11) is 0. The Morgan fingerprint density at radius 2 is 1.88 bits per heavy atom. The van der Waals surface area contributed by atoms with Crippen molar-refractivity contribution in [3.05, 3.63) is 52.1 Å². The van der Waals surface area contributed by atoms with Crippen molar-refractivity contribution in [1.29, 1.82) is 0 Å². The smallest absolute Gasteiger partial charge is 0.384 e. The molecule has 0 bridgehead atoms. The first-order valence-corrected chi connectivity index (χ1v) is 4.73. The zero-order chi connectivity index (χ0) is 11.5. The highest BCUT2D eigenvalue weighted by Crippen LogP contribution is 2.23. The first-order valence-electron chi connectivity index (χ1n) is 4.73. The summed E-state index contributed by atoms with van der Waals surface area (Å²) in [5, 5.41) is 13.3. The van der Waals surface area contributed by atoms with Gasteiger partial charge in [-0.25, -0.2) is 0 Å². The fourth-order valence-corrected chi connectivity index (χ4v) is 1.27. The van der Waals surface area contributed by atoms with Gasteiger partial charge >= 0.3 is 5.88 Å². The molecule has 5 heteroatoms. The Morgan fingerprint density at radius 1 is 1.19 bits per heavy atom. The Bertz CT molecular complexity index is 502. The van der Waals surface area contributed by atoms with Crippen LogP contribution >= 0.6 is 0 Å². The minimum atomic E-state index is -0.569. The Labute approximate surface area is 91.9 Å². The molecule has 0 aliphatic carbocycles. The zero-order valence-corrected chi connectivity index (χ0v) is 8.64. The van der Waals surface area contributed by atoms with E-state index in [0.717, 1.165) is 11.3 Å². The third-order valence-electron chi connectivity index (χ3n) is 2.09. The summed E-state index contributed by atoms with van der Waals surface area (Å²) in [5.74, 6) is 0.0881. The van der Waals surface area contributed by atoms with Gasteiger partial charge in [-0.15, -0.1) is 0 Å². The van der Waals surface area contributed by atoms with E-state index >= 15 is 0 Å². The van der Waals surface area contributed by atoms with Crippen LogP contribution in [-0.4, -0.2) is 4.92 Å². The van der Waals surface area contributed by atoms with Gasteiger partial charge in [0.05, 0.1) is 6.07 Å². The van der Waals surface area contributed by atoms with Crippen molar-refractivity contribution >= 4 is 17.5 Å². The minimum absolute atomic E-state index is 0.269. The second-order valence-corrected chi connectivity index (χ2v) is 3.39. The van der Waals surface area contributed by atoms with E-state index in [9.17, 15) is 10.1 Å². The van der Waals surface area contributed by atoms with E-state index in [1.807, 2.05) is 31.2 Å². The topological polar surface area (TPSA) is 68.3 Å². The first kappa shape index (κ1) is 10.2. The molecule has 5 nitrogen and oxygen atoms in total. The third kappa shape index (κ3) is 2.20. The summed E-state index contributed by atoms with van der Waals surface area (Å²) in [6, 6.07) is 10.5. The number of nitro groups is 1. The summed E-state index contributed by atoms with van der Waals surface area (Å²) in [5.41, 5.74) is 1.98. The molecule has 0 radical (unpaired) electrons. The molecule has 0 saturated carbocycles. The van der Waals surface area contributed by atoms with Gasteiger partial charge in [-0.1, -0.05) is 17.7 Å². The number of rotatable bonds is 3. The monoisotopic (exact) mass is 218 g/mol. The molecule has 1 heterocycles. The highest BCUT2D eigenvalue weighted by molar-refractivity contribution is 5.56. The zero-order valence-electron chi connectivity index (χ0n) is 8.64. The van der Waals surface area contributed by atoms with Gasteiger partial charge in [0, 0.05) is 11.8 Å². The lowest BCUT2D eigenvalue weighted by Crippen LogP contribution is -1.88. The normalized spacial score (nSPS) is 10.1. The maximum absolute atomic E-state index is 10.4. The van der Waals surface area contributed by atoms with Crippen LogP contribution in [0.25, 0.3) is 0 Å². The number of benzene rings is 1. The lowest BCUT2D eigenvalue weighted by atomic mass is 10.2. The van der Waals surface area contributed by atoms with Crippen molar-refractivity contribution < 1.29 is 9.34 Å². The molecular weight excluding hydrogens is 208 g/mol. The van der Waals surface area contributed by atoms with E-state index in [-0.39, 0.29) is 5.88 Å². The van der Waals surface area contributed by atoms with Gasteiger partial charge in [-0.05, 0) is 19.1 Å². The van der Waals surface area contributed by atoms with Crippen LogP contribution in [0.2, 0.25) is 0 Å². The van der Waals surface area contributed by atoms with Gasteiger partial charge in [0.25, 0.3) is 0 Å². The number of nitrogens with one attached hydrogen (secondary N) is 1. The number of furan rings is 1. The van der Waals surface area contributed by atoms with Crippen LogP contribution in [0.15, 0.2) is 40.8 Å². The number of anilines is 2. The second-order valence-electron chi connectivity index (χ2n) is 3.39. The van der Waals surface area contributed by atoms with Crippen molar-refractivity contribution in [1.82, 2.24) is 0 Å². The minimum Gasteiger partial charge on any atom is -0.384 e. The molecule has 0 unspecified atom stereocenters. The van der Waals surface area contributed by atoms with Gasteiger partial charge in [0.1, 0.15) is 4.92 Å². The molecule has 0 saturated heterocycles. The maximum Gasteiger partial charge on any atom is 0.434 e. The highest BCUT2D eigenvalue weighted by Gasteiger charge is 2.11. The quantitative estimate of drug-likeness (QED) is 0.634. The molecule has 82 valence electrons. The van der Waals surface area contributed by atoms with Gasteiger partial charge in [-0.3, -0.25) is 10.1 Å². The van der Waals surface area contributed by atoms with E-state index in [4.69, 9.17) is 4.42 Å². The predicted molar refractivity (Wildman–Crippen MR) is 59.8 cm³/mol. The molecule has 16 heavy (non-hydrogen) atoms. The molecule has 1 aromatic carbocycles. The summed E-state index contributed by atoms with van der Waals surface area (Å²) in [6.07, 6.45) is 0. The number of hydrogen-bond donors (Lipinski definition) is 1. The highest BCUT2D eigenvalue weighted by atomic mass is 16.6. The predicted octanol–water partition coefficient (Wildman–Crippen LogP) is 3.24. The van der Waals surface area contributed by atoms with Crippen LogP contribution < -0.4 is 5.32 Å². The molecular formula is C11H10N2O3. The van der Waals surface area contributed by atoms with Crippen molar-refractivity contribution in [3.8, 4) is 0 Å². The van der Waals surface area contributed by atoms with Crippen LogP contribution in [0, 0.1) is 17.0 Å². The summed E-state index contributed by atoms with van der Waals surface area (Å²) >= 11 is 0. The first-order chi connectivity index (χ1) is 7.65. The number of hydrogen-bond acceptors (Lipinski definition) is 4. The lowest BCUT2D eigenvalue weighted by molar-refractivity contribution is -0.401. The Hall–Kier alpha value is -2.30. The van der Waals surface area contributed by atoms with Crippen molar-refractivity contribution in [2.45, 2.75) is 6.92 Å². The average molecular weight is 218 g/mol. The van der Waals surface area contributed by atoms with E-state index < -0.39 is 4.92 Å². The number of nitrogens with zero attached hydrogens (tertiary/aromatic N) is 1.